The fraction of sp³-hybridized carbons (Fsp3) is 0.0526. The Balaban J connectivity index is 1.78. The van der Waals surface area contributed by atoms with Gasteiger partial charge in [-0.2, -0.15) is 0 Å². The molecule has 0 spiro atoms. The summed E-state index contributed by atoms with van der Waals surface area (Å²) < 4.78 is 32.8. The molecule has 0 aliphatic heterocycles. The minimum atomic E-state index is -0.460. The van der Waals surface area contributed by atoms with E-state index < -0.39 is 5.82 Å². The van der Waals surface area contributed by atoms with Crippen LogP contribution >= 0.6 is 0 Å². The Hall–Kier alpha value is -2.68. The summed E-state index contributed by atoms with van der Waals surface area (Å²) in [6, 6.07) is 20.3. The molecule has 0 fully saturated rings. The number of hydrogen-bond donors (Lipinski definition) is 0. The highest BCUT2D eigenvalue weighted by atomic mass is 19.1. The SMILES string of the molecule is Fc1cccc(-c2ccc(OCc3ccccc3)c(F)c2)c1. The molecule has 3 aromatic rings. The molecule has 0 saturated heterocycles. The Labute approximate surface area is 127 Å². The summed E-state index contributed by atoms with van der Waals surface area (Å²) in [5, 5.41) is 0. The number of halogens is 2. The van der Waals surface area contributed by atoms with Gasteiger partial charge in [0.1, 0.15) is 12.4 Å². The van der Waals surface area contributed by atoms with Crippen LogP contribution in [0.1, 0.15) is 5.56 Å². The zero-order chi connectivity index (χ0) is 15.4. The molecule has 0 atom stereocenters. The van der Waals surface area contributed by atoms with Crippen LogP contribution < -0.4 is 4.74 Å². The molecule has 0 saturated carbocycles. The molecule has 0 heterocycles. The highest BCUT2D eigenvalue weighted by molar-refractivity contribution is 5.64. The topological polar surface area (TPSA) is 9.23 Å². The quantitative estimate of drug-likeness (QED) is 0.642. The van der Waals surface area contributed by atoms with Gasteiger partial charge in [-0.15, -0.1) is 0 Å². The van der Waals surface area contributed by atoms with Crippen LogP contribution in [0.15, 0.2) is 72.8 Å². The van der Waals surface area contributed by atoms with E-state index in [0.29, 0.717) is 17.7 Å². The fourth-order valence-electron chi connectivity index (χ4n) is 2.20. The van der Waals surface area contributed by atoms with E-state index in [1.807, 2.05) is 30.3 Å². The van der Waals surface area contributed by atoms with Crippen molar-refractivity contribution in [3.63, 3.8) is 0 Å². The van der Waals surface area contributed by atoms with Crippen molar-refractivity contribution in [2.45, 2.75) is 6.61 Å². The number of ether oxygens (including phenoxy) is 1. The van der Waals surface area contributed by atoms with E-state index >= 15 is 0 Å². The molecule has 0 aliphatic carbocycles. The number of hydrogen-bond acceptors (Lipinski definition) is 1. The maximum atomic E-state index is 14.1. The van der Waals surface area contributed by atoms with Gasteiger partial charge in [-0.3, -0.25) is 0 Å². The van der Waals surface area contributed by atoms with Crippen LogP contribution in [0.4, 0.5) is 8.78 Å². The molecule has 22 heavy (non-hydrogen) atoms. The maximum absolute atomic E-state index is 14.1. The van der Waals surface area contributed by atoms with Gasteiger partial charge in [0.25, 0.3) is 0 Å². The first-order valence-electron chi connectivity index (χ1n) is 6.94. The lowest BCUT2D eigenvalue weighted by atomic mass is 10.1. The number of rotatable bonds is 4. The smallest absolute Gasteiger partial charge is 0.165 e. The second kappa shape index (κ2) is 6.39. The first kappa shape index (κ1) is 14.3. The van der Waals surface area contributed by atoms with Crippen molar-refractivity contribution in [3.8, 4) is 16.9 Å². The summed E-state index contributed by atoms with van der Waals surface area (Å²) in [6.45, 7) is 0.303. The predicted octanol–water partition coefficient (Wildman–Crippen LogP) is 5.21. The van der Waals surface area contributed by atoms with Gasteiger partial charge in [0.05, 0.1) is 0 Å². The van der Waals surface area contributed by atoms with E-state index in [9.17, 15) is 8.78 Å². The second-order valence-corrected chi connectivity index (χ2v) is 4.93. The average molecular weight is 296 g/mol. The van der Waals surface area contributed by atoms with Crippen molar-refractivity contribution >= 4 is 0 Å². The summed E-state index contributed by atoms with van der Waals surface area (Å²) >= 11 is 0. The van der Waals surface area contributed by atoms with Crippen LogP contribution in [0.5, 0.6) is 5.75 Å². The van der Waals surface area contributed by atoms with Gasteiger partial charge in [0.2, 0.25) is 0 Å². The van der Waals surface area contributed by atoms with E-state index in [-0.39, 0.29) is 11.6 Å². The predicted molar refractivity (Wildman–Crippen MR) is 82.6 cm³/mol. The van der Waals surface area contributed by atoms with Gasteiger partial charge in [0.15, 0.2) is 11.6 Å². The molecule has 0 aliphatic rings. The average Bonchev–Trinajstić information content (AvgIpc) is 2.54. The molecule has 3 heteroatoms. The Bertz CT molecular complexity index is 769. The van der Waals surface area contributed by atoms with E-state index in [1.165, 1.54) is 18.2 Å². The van der Waals surface area contributed by atoms with Crippen molar-refractivity contribution in [1.29, 1.82) is 0 Å². The summed E-state index contributed by atoms with van der Waals surface area (Å²) in [6.07, 6.45) is 0. The molecule has 1 nitrogen and oxygen atoms in total. The van der Waals surface area contributed by atoms with E-state index in [0.717, 1.165) is 5.56 Å². The Morgan fingerprint density at radius 2 is 1.50 bits per heavy atom. The van der Waals surface area contributed by atoms with Crippen LogP contribution in [-0.4, -0.2) is 0 Å². The van der Waals surface area contributed by atoms with Crippen molar-refractivity contribution in [1.82, 2.24) is 0 Å². The maximum Gasteiger partial charge on any atom is 0.165 e. The second-order valence-electron chi connectivity index (χ2n) is 4.93. The lowest BCUT2D eigenvalue weighted by molar-refractivity contribution is 0.290. The number of benzene rings is 3. The molecule has 3 rings (SSSR count). The summed E-state index contributed by atoms with van der Waals surface area (Å²) in [7, 11) is 0. The zero-order valence-corrected chi connectivity index (χ0v) is 11.8. The molecular formula is C19H14F2O. The van der Waals surface area contributed by atoms with Crippen molar-refractivity contribution in [3.05, 3.63) is 90.0 Å². The normalized spacial score (nSPS) is 10.5. The summed E-state index contributed by atoms with van der Waals surface area (Å²) in [5.74, 6) is -0.621. The van der Waals surface area contributed by atoms with E-state index in [2.05, 4.69) is 0 Å². The lowest BCUT2D eigenvalue weighted by Crippen LogP contribution is -1.97. The first-order chi connectivity index (χ1) is 10.7. The van der Waals surface area contributed by atoms with Gasteiger partial charge in [0, 0.05) is 0 Å². The fourth-order valence-corrected chi connectivity index (χ4v) is 2.20. The monoisotopic (exact) mass is 296 g/mol. The van der Waals surface area contributed by atoms with Crippen LogP contribution in [0.3, 0.4) is 0 Å². The van der Waals surface area contributed by atoms with Crippen LogP contribution in [0, 0.1) is 11.6 Å². The zero-order valence-electron chi connectivity index (χ0n) is 11.8. The molecule has 0 bridgehead atoms. The van der Waals surface area contributed by atoms with Crippen molar-refractivity contribution in [2.24, 2.45) is 0 Å². The molecule has 110 valence electrons. The summed E-state index contributed by atoms with van der Waals surface area (Å²) in [4.78, 5) is 0. The molecular weight excluding hydrogens is 282 g/mol. The standard InChI is InChI=1S/C19H14F2O/c20-17-8-4-7-15(11-17)16-9-10-19(18(21)12-16)22-13-14-5-2-1-3-6-14/h1-12H,13H2. The van der Waals surface area contributed by atoms with Crippen molar-refractivity contribution < 1.29 is 13.5 Å². The van der Waals surface area contributed by atoms with Gasteiger partial charge < -0.3 is 4.74 Å². The minimum absolute atomic E-state index is 0.184. The van der Waals surface area contributed by atoms with Crippen molar-refractivity contribution in [2.75, 3.05) is 0 Å². The van der Waals surface area contributed by atoms with Crippen LogP contribution in [0.25, 0.3) is 11.1 Å². The van der Waals surface area contributed by atoms with Gasteiger partial charge in [-0.1, -0.05) is 48.5 Å². The lowest BCUT2D eigenvalue weighted by Gasteiger charge is -2.09. The Morgan fingerprint density at radius 1 is 0.727 bits per heavy atom. The van der Waals surface area contributed by atoms with Gasteiger partial charge >= 0.3 is 0 Å². The highest BCUT2D eigenvalue weighted by Crippen LogP contribution is 2.26. The molecule has 0 radical (unpaired) electrons. The Kier molecular flexibility index (Phi) is 4.15. The first-order valence-corrected chi connectivity index (χ1v) is 6.94. The van der Waals surface area contributed by atoms with Gasteiger partial charge in [-0.05, 0) is 41.0 Å². The largest absolute Gasteiger partial charge is 0.486 e. The highest BCUT2D eigenvalue weighted by Gasteiger charge is 2.07. The van der Waals surface area contributed by atoms with Gasteiger partial charge in [-0.25, -0.2) is 8.78 Å². The molecule has 0 amide bonds. The van der Waals surface area contributed by atoms with E-state index in [4.69, 9.17) is 4.74 Å². The molecule has 0 aromatic heterocycles. The van der Waals surface area contributed by atoms with Crippen LogP contribution in [-0.2, 0) is 6.61 Å². The third kappa shape index (κ3) is 3.31. The Morgan fingerprint density at radius 3 is 2.23 bits per heavy atom. The third-order valence-electron chi connectivity index (χ3n) is 3.33. The minimum Gasteiger partial charge on any atom is -0.486 e. The molecule has 0 N–H and O–H groups in total. The molecule has 3 aromatic carbocycles. The molecule has 0 unspecified atom stereocenters. The van der Waals surface area contributed by atoms with E-state index in [1.54, 1.807) is 24.3 Å². The third-order valence-corrected chi connectivity index (χ3v) is 3.33. The van der Waals surface area contributed by atoms with Crippen LogP contribution in [0.2, 0.25) is 0 Å². The summed E-state index contributed by atoms with van der Waals surface area (Å²) in [5.41, 5.74) is 2.22.